The van der Waals surface area contributed by atoms with E-state index in [2.05, 4.69) is 137 Å². The van der Waals surface area contributed by atoms with Crippen LogP contribution in [0.25, 0.3) is 99.9 Å². The molecule has 8 aromatic carbocycles. The maximum absolute atomic E-state index is 5.05. The molecule has 0 bridgehead atoms. The van der Waals surface area contributed by atoms with E-state index < -0.39 is 0 Å². The van der Waals surface area contributed by atoms with Crippen molar-refractivity contribution >= 4 is 54.4 Å². The maximum Gasteiger partial charge on any atom is 0.164 e. The normalized spacial score (nSPS) is 11.7. The molecule has 0 aliphatic carbocycles. The average molecular weight is 690 g/mol. The van der Waals surface area contributed by atoms with Crippen LogP contribution < -0.4 is 0 Å². The maximum atomic E-state index is 5.05. The minimum Gasteiger partial charge on any atom is -0.309 e. The molecule has 3 aromatic heterocycles. The molecule has 0 fully saturated rings. The molecule has 0 radical (unpaired) electrons. The van der Waals surface area contributed by atoms with E-state index in [4.69, 9.17) is 15.0 Å². The molecule has 0 aliphatic heterocycles. The van der Waals surface area contributed by atoms with Crippen LogP contribution in [0.15, 0.2) is 188 Å². The standard InChI is InChI=1S/C49H31N5/c1-4-16-33(17-5-1)47-50-48(34-18-6-2-7-19-34)52-49(51-47)35-20-14-23-37(29-35)54-42-26-13-12-25-39(42)40-30-45-41(31-44(40)54)46-38-24-11-10-15-32(38)27-28-43(46)53(45)36-21-8-3-9-22-36/h1-31H. The van der Waals surface area contributed by atoms with Gasteiger partial charge in [-0.3, -0.25) is 0 Å². The van der Waals surface area contributed by atoms with Crippen LogP contribution >= 0.6 is 0 Å². The van der Waals surface area contributed by atoms with Gasteiger partial charge in [0.25, 0.3) is 0 Å². The third kappa shape index (κ3) is 4.76. The van der Waals surface area contributed by atoms with E-state index in [0.29, 0.717) is 17.5 Å². The lowest BCUT2D eigenvalue weighted by Gasteiger charge is -2.12. The number of hydrogen-bond donors (Lipinski definition) is 0. The minimum absolute atomic E-state index is 0.630. The molecule has 54 heavy (non-hydrogen) atoms. The molecule has 0 saturated heterocycles. The molecule has 3 heterocycles. The van der Waals surface area contributed by atoms with Crippen molar-refractivity contribution in [2.45, 2.75) is 0 Å². The Morgan fingerprint density at radius 1 is 0.296 bits per heavy atom. The first kappa shape index (κ1) is 30.3. The molecule has 252 valence electrons. The molecule has 5 nitrogen and oxygen atoms in total. The minimum atomic E-state index is 0.630. The summed E-state index contributed by atoms with van der Waals surface area (Å²) in [7, 11) is 0. The summed E-state index contributed by atoms with van der Waals surface area (Å²) in [5.41, 5.74) is 9.66. The van der Waals surface area contributed by atoms with Crippen LogP contribution in [-0.4, -0.2) is 24.1 Å². The lowest BCUT2D eigenvalue weighted by Crippen LogP contribution is -2.01. The van der Waals surface area contributed by atoms with E-state index in [1.807, 2.05) is 60.7 Å². The summed E-state index contributed by atoms with van der Waals surface area (Å²) in [5.74, 6) is 1.92. The van der Waals surface area contributed by atoms with Crippen molar-refractivity contribution in [1.29, 1.82) is 0 Å². The quantitative estimate of drug-likeness (QED) is 0.181. The van der Waals surface area contributed by atoms with Gasteiger partial charge in [-0.2, -0.15) is 0 Å². The molecule has 11 rings (SSSR count). The van der Waals surface area contributed by atoms with E-state index in [9.17, 15) is 0 Å². The molecular formula is C49H31N5. The topological polar surface area (TPSA) is 48.5 Å². The van der Waals surface area contributed by atoms with Gasteiger partial charge in [-0.25, -0.2) is 15.0 Å². The van der Waals surface area contributed by atoms with E-state index >= 15 is 0 Å². The van der Waals surface area contributed by atoms with Gasteiger partial charge < -0.3 is 9.13 Å². The van der Waals surface area contributed by atoms with E-state index in [-0.39, 0.29) is 0 Å². The zero-order chi connectivity index (χ0) is 35.6. The molecule has 0 aliphatic rings. The molecule has 0 N–H and O–H groups in total. The monoisotopic (exact) mass is 689 g/mol. The fourth-order valence-electron chi connectivity index (χ4n) is 8.10. The number of nitrogens with zero attached hydrogens (tertiary/aromatic N) is 5. The van der Waals surface area contributed by atoms with Gasteiger partial charge in [-0.05, 0) is 59.3 Å². The van der Waals surface area contributed by atoms with Gasteiger partial charge in [-0.1, -0.05) is 140 Å². The second kappa shape index (κ2) is 12.1. The van der Waals surface area contributed by atoms with Crippen molar-refractivity contribution in [2.24, 2.45) is 0 Å². The van der Waals surface area contributed by atoms with Crippen molar-refractivity contribution < 1.29 is 0 Å². The summed E-state index contributed by atoms with van der Waals surface area (Å²) in [5, 5.41) is 7.35. The number of para-hydroxylation sites is 2. The molecule has 0 spiro atoms. The molecular weight excluding hydrogens is 659 g/mol. The van der Waals surface area contributed by atoms with Crippen LogP contribution in [-0.2, 0) is 0 Å². The predicted molar refractivity (Wildman–Crippen MR) is 222 cm³/mol. The Morgan fingerprint density at radius 3 is 1.54 bits per heavy atom. The van der Waals surface area contributed by atoms with Gasteiger partial charge >= 0.3 is 0 Å². The number of aromatic nitrogens is 5. The van der Waals surface area contributed by atoms with E-state index in [1.165, 1.54) is 43.4 Å². The Bertz CT molecular complexity index is 3140. The molecule has 11 aromatic rings. The lowest BCUT2D eigenvalue weighted by molar-refractivity contribution is 1.07. The highest BCUT2D eigenvalue weighted by molar-refractivity contribution is 6.25. The summed E-state index contributed by atoms with van der Waals surface area (Å²) in [6.45, 7) is 0. The summed E-state index contributed by atoms with van der Waals surface area (Å²) >= 11 is 0. The third-order valence-electron chi connectivity index (χ3n) is 10.5. The number of hydrogen-bond acceptors (Lipinski definition) is 3. The Hall–Kier alpha value is -7.37. The Kier molecular flexibility index (Phi) is 6.79. The van der Waals surface area contributed by atoms with Crippen molar-refractivity contribution in [3.63, 3.8) is 0 Å². The fraction of sp³-hybridized carbons (Fsp3) is 0. The van der Waals surface area contributed by atoms with Crippen LogP contribution in [0.4, 0.5) is 0 Å². The van der Waals surface area contributed by atoms with Crippen LogP contribution in [0.2, 0.25) is 0 Å². The van der Waals surface area contributed by atoms with Gasteiger partial charge in [0.05, 0.1) is 22.1 Å². The molecule has 0 amide bonds. The highest BCUT2D eigenvalue weighted by Crippen LogP contribution is 2.42. The predicted octanol–water partition coefficient (Wildman–Crippen LogP) is 12.2. The van der Waals surface area contributed by atoms with Crippen molar-refractivity contribution in [2.75, 3.05) is 0 Å². The first-order valence-corrected chi connectivity index (χ1v) is 18.2. The fourth-order valence-corrected chi connectivity index (χ4v) is 8.10. The largest absolute Gasteiger partial charge is 0.309 e. The van der Waals surface area contributed by atoms with Crippen molar-refractivity contribution in [3.05, 3.63) is 188 Å². The average Bonchev–Trinajstić information content (AvgIpc) is 3.76. The van der Waals surface area contributed by atoms with Crippen LogP contribution in [0.1, 0.15) is 0 Å². The SMILES string of the molecule is c1ccc(-c2nc(-c3ccccc3)nc(-c3cccc(-n4c5ccccc5c5cc6c(cc54)c4c5ccccc5ccc4n6-c4ccccc4)c3)n2)cc1. The molecule has 0 atom stereocenters. The van der Waals surface area contributed by atoms with Crippen LogP contribution in [0.3, 0.4) is 0 Å². The number of rotatable bonds is 5. The summed E-state index contributed by atoms with van der Waals surface area (Å²) in [6.07, 6.45) is 0. The number of benzene rings is 8. The smallest absolute Gasteiger partial charge is 0.164 e. The van der Waals surface area contributed by atoms with Crippen molar-refractivity contribution in [3.8, 4) is 45.5 Å². The van der Waals surface area contributed by atoms with Gasteiger partial charge in [-0.15, -0.1) is 0 Å². The summed E-state index contributed by atoms with van der Waals surface area (Å²) < 4.78 is 4.81. The second-order valence-electron chi connectivity index (χ2n) is 13.7. The zero-order valence-corrected chi connectivity index (χ0v) is 29.1. The summed E-state index contributed by atoms with van der Waals surface area (Å²) in [6, 6.07) is 66.2. The zero-order valence-electron chi connectivity index (χ0n) is 29.1. The first-order valence-electron chi connectivity index (χ1n) is 18.2. The Labute approximate surface area is 311 Å². The van der Waals surface area contributed by atoms with Gasteiger partial charge in [0, 0.05) is 49.6 Å². The van der Waals surface area contributed by atoms with E-state index in [0.717, 1.165) is 39.1 Å². The third-order valence-corrected chi connectivity index (χ3v) is 10.5. The molecule has 0 unspecified atom stereocenters. The highest BCUT2D eigenvalue weighted by atomic mass is 15.0. The van der Waals surface area contributed by atoms with Crippen LogP contribution in [0, 0.1) is 0 Å². The van der Waals surface area contributed by atoms with Gasteiger partial charge in [0.2, 0.25) is 0 Å². The Morgan fingerprint density at radius 2 is 0.815 bits per heavy atom. The van der Waals surface area contributed by atoms with Gasteiger partial charge in [0.1, 0.15) is 0 Å². The van der Waals surface area contributed by atoms with Crippen molar-refractivity contribution in [1.82, 2.24) is 24.1 Å². The highest BCUT2D eigenvalue weighted by Gasteiger charge is 2.20. The second-order valence-corrected chi connectivity index (χ2v) is 13.7. The van der Waals surface area contributed by atoms with E-state index in [1.54, 1.807) is 0 Å². The van der Waals surface area contributed by atoms with Gasteiger partial charge in [0.15, 0.2) is 17.5 Å². The Balaban J connectivity index is 1.18. The van der Waals surface area contributed by atoms with Crippen LogP contribution in [0.5, 0.6) is 0 Å². The summed E-state index contributed by atoms with van der Waals surface area (Å²) in [4.78, 5) is 15.0. The lowest BCUT2D eigenvalue weighted by atomic mass is 10.0. The molecule has 5 heteroatoms. The molecule has 0 saturated carbocycles. The first-order chi connectivity index (χ1) is 26.8. The number of fused-ring (bicyclic) bond motifs is 8.